The van der Waals surface area contributed by atoms with E-state index >= 15 is 0 Å². The van der Waals surface area contributed by atoms with E-state index in [0.717, 1.165) is 25.1 Å². The van der Waals surface area contributed by atoms with Gasteiger partial charge in [-0.1, -0.05) is 17.7 Å². The normalized spacial score (nSPS) is 14.1. The van der Waals surface area contributed by atoms with Crippen LogP contribution >= 0.6 is 0 Å². The molecular weight excluding hydrogens is 264 g/mol. The maximum atomic E-state index is 12.9. The van der Waals surface area contributed by atoms with Crippen LogP contribution in [0.2, 0.25) is 0 Å². The Bertz CT molecular complexity index is 717. The summed E-state index contributed by atoms with van der Waals surface area (Å²) in [6.07, 6.45) is 1.99. The number of hydrogen-bond acceptors (Lipinski definition) is 3. The summed E-state index contributed by atoms with van der Waals surface area (Å²) in [4.78, 5) is 14.7. The summed E-state index contributed by atoms with van der Waals surface area (Å²) >= 11 is 0. The van der Waals surface area contributed by atoms with Crippen LogP contribution in [0, 0.1) is 13.8 Å². The van der Waals surface area contributed by atoms with Crippen LogP contribution < -0.4 is 10.6 Å². The second-order valence-electron chi connectivity index (χ2n) is 5.66. The molecule has 0 unspecified atom stereocenters. The van der Waals surface area contributed by atoms with Crippen molar-refractivity contribution in [2.75, 3.05) is 17.2 Å². The zero-order valence-electron chi connectivity index (χ0n) is 12.7. The molecule has 1 aromatic carbocycles. The topological polar surface area (TPSA) is 64.2 Å². The zero-order chi connectivity index (χ0) is 15.1. The average Bonchev–Trinajstić information content (AvgIpc) is 2.70. The maximum Gasteiger partial charge on any atom is 0.278 e. The highest BCUT2D eigenvalue weighted by Gasteiger charge is 2.28. The SMILES string of the molecule is Cc1ccc2c(c1)CCCN2C(=O)c1c(N)c(C)nn1C. The van der Waals surface area contributed by atoms with Crippen molar-refractivity contribution in [2.45, 2.75) is 26.7 Å². The molecule has 1 aliphatic rings. The van der Waals surface area contributed by atoms with Gasteiger partial charge in [0, 0.05) is 19.3 Å². The first-order chi connectivity index (χ1) is 9.99. The molecule has 3 rings (SSSR count). The third kappa shape index (κ3) is 2.18. The van der Waals surface area contributed by atoms with E-state index in [1.807, 2.05) is 24.0 Å². The van der Waals surface area contributed by atoms with Crippen LogP contribution in [0.3, 0.4) is 0 Å². The minimum atomic E-state index is -0.0691. The smallest absolute Gasteiger partial charge is 0.278 e. The van der Waals surface area contributed by atoms with Crippen LogP contribution in [0.4, 0.5) is 11.4 Å². The minimum absolute atomic E-state index is 0.0691. The van der Waals surface area contributed by atoms with Gasteiger partial charge in [-0.25, -0.2) is 0 Å². The molecule has 0 bridgehead atoms. The number of fused-ring (bicyclic) bond motifs is 1. The molecule has 0 fully saturated rings. The number of nitrogen functional groups attached to an aromatic ring is 1. The van der Waals surface area contributed by atoms with Crippen molar-refractivity contribution >= 4 is 17.3 Å². The molecule has 0 atom stereocenters. The van der Waals surface area contributed by atoms with E-state index in [-0.39, 0.29) is 5.91 Å². The molecule has 2 N–H and O–H groups in total. The van der Waals surface area contributed by atoms with E-state index in [9.17, 15) is 4.79 Å². The van der Waals surface area contributed by atoms with Gasteiger partial charge in [0.25, 0.3) is 5.91 Å². The third-order valence-corrected chi connectivity index (χ3v) is 4.07. The van der Waals surface area contributed by atoms with Gasteiger partial charge < -0.3 is 10.6 Å². The van der Waals surface area contributed by atoms with Crippen molar-refractivity contribution in [3.63, 3.8) is 0 Å². The van der Waals surface area contributed by atoms with Crippen LogP contribution in [0.25, 0.3) is 0 Å². The maximum absolute atomic E-state index is 12.9. The van der Waals surface area contributed by atoms with E-state index in [1.54, 1.807) is 11.7 Å². The Kier molecular flexibility index (Phi) is 3.20. The van der Waals surface area contributed by atoms with Crippen LogP contribution in [-0.4, -0.2) is 22.2 Å². The largest absolute Gasteiger partial charge is 0.395 e. The number of nitrogens with two attached hydrogens (primary N) is 1. The van der Waals surface area contributed by atoms with Gasteiger partial charge in [-0.3, -0.25) is 9.48 Å². The lowest BCUT2D eigenvalue weighted by atomic mass is 9.99. The van der Waals surface area contributed by atoms with Crippen molar-refractivity contribution in [3.8, 4) is 0 Å². The van der Waals surface area contributed by atoms with E-state index in [2.05, 4.69) is 18.1 Å². The molecule has 0 saturated carbocycles. The van der Waals surface area contributed by atoms with E-state index in [0.29, 0.717) is 17.1 Å². The fraction of sp³-hybridized carbons (Fsp3) is 0.375. The molecule has 0 saturated heterocycles. The molecule has 1 amide bonds. The highest BCUT2D eigenvalue weighted by molar-refractivity contribution is 6.09. The number of carbonyl (C=O) groups is 1. The molecule has 1 aromatic heterocycles. The first-order valence-electron chi connectivity index (χ1n) is 7.19. The Hall–Kier alpha value is -2.30. The average molecular weight is 284 g/mol. The van der Waals surface area contributed by atoms with E-state index in [4.69, 9.17) is 5.73 Å². The van der Waals surface area contributed by atoms with Gasteiger partial charge in [0.05, 0.1) is 11.4 Å². The Balaban J connectivity index is 2.04. The third-order valence-electron chi connectivity index (χ3n) is 4.07. The molecule has 21 heavy (non-hydrogen) atoms. The number of benzene rings is 1. The number of rotatable bonds is 1. The number of hydrogen-bond donors (Lipinski definition) is 1. The van der Waals surface area contributed by atoms with E-state index in [1.165, 1.54) is 11.1 Å². The lowest BCUT2D eigenvalue weighted by Gasteiger charge is -2.29. The molecule has 5 nitrogen and oxygen atoms in total. The first kappa shape index (κ1) is 13.7. The number of aromatic nitrogens is 2. The summed E-state index contributed by atoms with van der Waals surface area (Å²) in [5.41, 5.74) is 11.1. The Morgan fingerprint density at radius 1 is 1.33 bits per heavy atom. The second kappa shape index (κ2) is 4.91. The lowest BCUT2D eigenvalue weighted by Crippen LogP contribution is -2.37. The highest BCUT2D eigenvalue weighted by atomic mass is 16.2. The van der Waals surface area contributed by atoms with Gasteiger partial charge in [0.15, 0.2) is 0 Å². The Labute approximate surface area is 124 Å². The minimum Gasteiger partial charge on any atom is -0.395 e. The molecule has 0 radical (unpaired) electrons. The van der Waals surface area contributed by atoms with Crippen LogP contribution in [0.5, 0.6) is 0 Å². The lowest BCUT2D eigenvalue weighted by molar-refractivity contribution is 0.0977. The molecule has 0 aliphatic carbocycles. The van der Waals surface area contributed by atoms with Gasteiger partial charge >= 0.3 is 0 Å². The molecule has 0 spiro atoms. The molecule has 5 heteroatoms. The Morgan fingerprint density at radius 2 is 2.10 bits per heavy atom. The number of aryl methyl sites for hydroxylation is 4. The quantitative estimate of drug-likeness (QED) is 0.873. The van der Waals surface area contributed by atoms with Crippen molar-refractivity contribution in [1.29, 1.82) is 0 Å². The second-order valence-corrected chi connectivity index (χ2v) is 5.66. The molecule has 2 aromatic rings. The monoisotopic (exact) mass is 284 g/mol. The van der Waals surface area contributed by atoms with Gasteiger partial charge in [0.1, 0.15) is 5.69 Å². The summed E-state index contributed by atoms with van der Waals surface area (Å²) in [7, 11) is 1.76. The van der Waals surface area contributed by atoms with Crippen LogP contribution in [0.1, 0.15) is 33.7 Å². The number of amides is 1. The van der Waals surface area contributed by atoms with Gasteiger partial charge in [-0.15, -0.1) is 0 Å². The van der Waals surface area contributed by atoms with Crippen LogP contribution in [0.15, 0.2) is 18.2 Å². The summed E-state index contributed by atoms with van der Waals surface area (Å²) in [6, 6.07) is 6.23. The van der Waals surface area contributed by atoms with Gasteiger partial charge in [-0.05, 0) is 38.3 Å². The number of anilines is 2. The van der Waals surface area contributed by atoms with Crippen molar-refractivity contribution < 1.29 is 4.79 Å². The van der Waals surface area contributed by atoms with Crippen molar-refractivity contribution in [3.05, 3.63) is 40.7 Å². The zero-order valence-corrected chi connectivity index (χ0v) is 12.7. The fourth-order valence-corrected chi connectivity index (χ4v) is 2.99. The number of carbonyl (C=O) groups excluding carboxylic acids is 1. The van der Waals surface area contributed by atoms with Crippen molar-refractivity contribution in [2.24, 2.45) is 7.05 Å². The van der Waals surface area contributed by atoms with Gasteiger partial charge in [0.2, 0.25) is 0 Å². The van der Waals surface area contributed by atoms with E-state index < -0.39 is 0 Å². The molecule has 110 valence electrons. The summed E-state index contributed by atoms with van der Waals surface area (Å²) < 4.78 is 1.58. The standard InChI is InChI=1S/C16H20N4O/c1-10-6-7-13-12(9-10)5-4-8-20(13)16(21)15-14(17)11(2)18-19(15)3/h6-7,9H,4-5,8,17H2,1-3H3. The highest BCUT2D eigenvalue weighted by Crippen LogP contribution is 2.30. The summed E-state index contributed by atoms with van der Waals surface area (Å²) in [5, 5.41) is 4.24. The van der Waals surface area contributed by atoms with Crippen molar-refractivity contribution in [1.82, 2.24) is 9.78 Å². The van der Waals surface area contributed by atoms with Gasteiger partial charge in [-0.2, -0.15) is 5.10 Å². The molecular formula is C16H20N4O. The summed E-state index contributed by atoms with van der Waals surface area (Å²) in [6.45, 7) is 4.61. The summed E-state index contributed by atoms with van der Waals surface area (Å²) in [5.74, 6) is -0.0691. The molecule has 2 heterocycles. The predicted molar refractivity (Wildman–Crippen MR) is 83.5 cm³/mol. The Morgan fingerprint density at radius 3 is 2.76 bits per heavy atom. The first-order valence-corrected chi connectivity index (χ1v) is 7.19. The predicted octanol–water partition coefficient (Wildman–Crippen LogP) is 2.21. The number of nitrogens with zero attached hydrogens (tertiary/aromatic N) is 3. The fourth-order valence-electron chi connectivity index (χ4n) is 2.99. The molecule has 1 aliphatic heterocycles. The van der Waals surface area contributed by atoms with Crippen LogP contribution in [-0.2, 0) is 13.5 Å².